The van der Waals surface area contributed by atoms with Crippen LogP contribution < -0.4 is 5.32 Å². The lowest BCUT2D eigenvalue weighted by Gasteiger charge is -2.23. The summed E-state index contributed by atoms with van der Waals surface area (Å²) in [5, 5.41) is 6.72. The number of hydrogen-bond donors (Lipinski definition) is 1. The normalized spacial score (nSPS) is 16.5. The van der Waals surface area contributed by atoms with Gasteiger partial charge in [0.15, 0.2) is 5.82 Å². The summed E-state index contributed by atoms with van der Waals surface area (Å²) in [5.41, 5.74) is 0. The number of ketones is 1. The van der Waals surface area contributed by atoms with E-state index in [-0.39, 0.29) is 19.2 Å². The third-order valence-electron chi connectivity index (χ3n) is 2.21. The van der Waals surface area contributed by atoms with Crippen LogP contribution in [0.15, 0.2) is 12.3 Å². The molecule has 1 aliphatic carbocycles. The van der Waals surface area contributed by atoms with Crippen LogP contribution in [0, 0.1) is 0 Å². The molecule has 1 aromatic rings. The Labute approximate surface area is 82.6 Å². The summed E-state index contributed by atoms with van der Waals surface area (Å²) in [6.45, 7) is 1.44. The number of anilines is 1. The predicted octanol–water partition coefficient (Wildman–Crippen LogP) is 0.991. The minimum absolute atomic E-state index is 0. The largest absolute Gasteiger partial charge is 0.309 e. The Bertz CT molecular complexity index is 380. The zero-order valence-electron chi connectivity index (χ0n) is 7.86. The molecule has 1 amide bonds. The molecular weight excluding hydrogens is 182 g/mol. The third-order valence-corrected chi connectivity index (χ3v) is 2.21. The second kappa shape index (κ2) is 3.25. The van der Waals surface area contributed by atoms with Crippen molar-refractivity contribution in [2.75, 3.05) is 5.32 Å². The Morgan fingerprint density at radius 3 is 3.00 bits per heavy atom. The minimum Gasteiger partial charge on any atom is -0.309 e. The molecule has 1 fully saturated rings. The number of nitrogens with zero attached hydrogens (tertiary/aromatic N) is 2. The quantitative estimate of drug-likeness (QED) is 0.765. The number of carbonyl (C=O) groups is 2. The Morgan fingerprint density at radius 1 is 1.71 bits per heavy atom. The van der Waals surface area contributed by atoms with Gasteiger partial charge in [0.2, 0.25) is 5.91 Å². The Balaban J connectivity index is 0.00000112. The van der Waals surface area contributed by atoms with Crippen molar-refractivity contribution < 1.29 is 11.0 Å². The summed E-state index contributed by atoms with van der Waals surface area (Å²) in [4.78, 5) is 21.5. The van der Waals surface area contributed by atoms with Crippen molar-refractivity contribution in [2.45, 2.75) is 25.8 Å². The lowest BCUT2D eigenvalue weighted by Crippen LogP contribution is -2.27. The molecule has 5 nitrogen and oxygen atoms in total. The average Bonchev–Trinajstić information content (AvgIpc) is 2.46. The first-order valence-corrected chi connectivity index (χ1v) is 4.49. The second-order valence-electron chi connectivity index (χ2n) is 3.46. The maximum atomic E-state index is 10.8. The molecule has 1 aromatic heterocycles. The van der Waals surface area contributed by atoms with Crippen LogP contribution in [0.3, 0.4) is 0 Å². The molecule has 1 aliphatic rings. The van der Waals surface area contributed by atoms with Gasteiger partial charge in [-0.1, -0.05) is 0 Å². The van der Waals surface area contributed by atoms with Crippen molar-refractivity contribution in [2.24, 2.45) is 0 Å². The van der Waals surface area contributed by atoms with Crippen LogP contribution in [0.5, 0.6) is 0 Å². The molecule has 1 saturated carbocycles. The summed E-state index contributed by atoms with van der Waals surface area (Å²) in [5.74, 6) is 0.670. The van der Waals surface area contributed by atoms with Gasteiger partial charge in [0.05, 0.1) is 6.04 Å². The van der Waals surface area contributed by atoms with Gasteiger partial charge < -0.3 is 5.32 Å². The zero-order valence-corrected chi connectivity index (χ0v) is 7.86. The monoisotopic (exact) mass is 195 g/mol. The fourth-order valence-corrected chi connectivity index (χ4v) is 1.44. The molecule has 76 valence electrons. The summed E-state index contributed by atoms with van der Waals surface area (Å²) in [6.07, 6.45) is 2.89. The molecule has 0 aromatic carbocycles. The molecule has 14 heavy (non-hydrogen) atoms. The average molecular weight is 195 g/mol. The number of nitrogens with one attached hydrogen (secondary N) is 1. The number of carbonyl (C=O) groups excluding carboxylic acids is 2. The van der Waals surface area contributed by atoms with Crippen molar-refractivity contribution in [3.05, 3.63) is 12.3 Å². The topological polar surface area (TPSA) is 64.0 Å². The molecule has 1 N–H and O–H groups in total. The number of amides is 1. The first-order chi connectivity index (χ1) is 6.65. The molecule has 0 bridgehead atoms. The van der Waals surface area contributed by atoms with Crippen LogP contribution in [-0.4, -0.2) is 21.5 Å². The van der Waals surface area contributed by atoms with Crippen molar-refractivity contribution in [3.63, 3.8) is 0 Å². The van der Waals surface area contributed by atoms with Gasteiger partial charge >= 0.3 is 0 Å². The van der Waals surface area contributed by atoms with Gasteiger partial charge in [0.1, 0.15) is 5.78 Å². The molecule has 5 heteroatoms. The van der Waals surface area contributed by atoms with E-state index in [0.717, 1.165) is 0 Å². The maximum Gasteiger partial charge on any atom is 0.222 e. The Morgan fingerprint density at radius 2 is 2.43 bits per heavy atom. The second-order valence-corrected chi connectivity index (χ2v) is 3.46. The first-order valence-electron chi connectivity index (χ1n) is 4.49. The van der Waals surface area contributed by atoms with Crippen LogP contribution in [0.1, 0.15) is 27.2 Å². The number of aromatic nitrogens is 2. The SMILES string of the molecule is CC(=O)Nc1ccn(C2CC(=O)C2)n1.[HH]. The molecule has 0 saturated heterocycles. The fraction of sp³-hybridized carbons (Fsp3) is 0.444. The van der Waals surface area contributed by atoms with Gasteiger partial charge in [-0.3, -0.25) is 14.3 Å². The number of hydrogen-bond acceptors (Lipinski definition) is 3. The van der Waals surface area contributed by atoms with Crippen molar-refractivity contribution in [1.29, 1.82) is 0 Å². The van der Waals surface area contributed by atoms with Crippen molar-refractivity contribution in [1.82, 2.24) is 9.78 Å². The highest BCUT2D eigenvalue weighted by molar-refractivity contribution is 5.87. The standard InChI is InChI=1S/C9H11N3O2.H2/c1-6(13)10-9-2-3-12(11-9)7-4-8(14)5-7;/h2-3,7H,4-5H2,1H3,(H,10,11,13);1H. The molecule has 1 heterocycles. The third kappa shape index (κ3) is 1.66. The summed E-state index contributed by atoms with van der Waals surface area (Å²) in [7, 11) is 0. The van der Waals surface area contributed by atoms with Crippen LogP contribution in [0.25, 0.3) is 0 Å². The number of Topliss-reactive ketones (excluding diaryl/α,β-unsaturated/α-hetero) is 1. The minimum atomic E-state index is -0.139. The van der Waals surface area contributed by atoms with Gasteiger partial charge in [-0.25, -0.2) is 0 Å². The van der Waals surface area contributed by atoms with E-state index in [0.29, 0.717) is 18.7 Å². The zero-order chi connectivity index (χ0) is 10.1. The number of rotatable bonds is 2. The van der Waals surface area contributed by atoms with E-state index >= 15 is 0 Å². The highest BCUT2D eigenvalue weighted by atomic mass is 16.1. The predicted molar refractivity (Wildman–Crippen MR) is 51.9 cm³/mol. The molecule has 2 rings (SSSR count). The molecule has 0 aliphatic heterocycles. The van der Waals surface area contributed by atoms with E-state index in [4.69, 9.17) is 0 Å². The fourth-order valence-electron chi connectivity index (χ4n) is 1.44. The van der Waals surface area contributed by atoms with E-state index in [1.165, 1.54) is 6.92 Å². The molecule has 0 spiro atoms. The highest BCUT2D eigenvalue weighted by Crippen LogP contribution is 2.27. The van der Waals surface area contributed by atoms with Crippen LogP contribution in [-0.2, 0) is 9.59 Å². The Kier molecular flexibility index (Phi) is 2.07. The van der Waals surface area contributed by atoms with Crippen LogP contribution in [0.2, 0.25) is 0 Å². The summed E-state index contributed by atoms with van der Waals surface area (Å²) >= 11 is 0. The van der Waals surface area contributed by atoms with Gasteiger partial charge in [0.25, 0.3) is 0 Å². The van der Waals surface area contributed by atoms with Gasteiger partial charge in [-0.15, -0.1) is 0 Å². The van der Waals surface area contributed by atoms with E-state index in [9.17, 15) is 9.59 Å². The van der Waals surface area contributed by atoms with Crippen molar-refractivity contribution >= 4 is 17.5 Å². The van der Waals surface area contributed by atoms with Crippen molar-refractivity contribution in [3.8, 4) is 0 Å². The van der Waals surface area contributed by atoms with Crippen LogP contribution >= 0.6 is 0 Å². The lowest BCUT2D eigenvalue weighted by atomic mass is 9.92. The molecule has 0 radical (unpaired) electrons. The van der Waals surface area contributed by atoms with E-state index in [1.54, 1.807) is 16.9 Å². The highest BCUT2D eigenvalue weighted by Gasteiger charge is 2.28. The molecular formula is C9H13N3O2. The van der Waals surface area contributed by atoms with Gasteiger partial charge in [0, 0.05) is 33.5 Å². The maximum absolute atomic E-state index is 10.8. The van der Waals surface area contributed by atoms with Gasteiger partial charge in [-0.05, 0) is 0 Å². The van der Waals surface area contributed by atoms with E-state index in [2.05, 4.69) is 10.4 Å². The van der Waals surface area contributed by atoms with Crippen LogP contribution in [0.4, 0.5) is 5.82 Å². The summed E-state index contributed by atoms with van der Waals surface area (Å²) in [6, 6.07) is 1.91. The summed E-state index contributed by atoms with van der Waals surface area (Å²) < 4.78 is 1.73. The van der Waals surface area contributed by atoms with E-state index in [1.807, 2.05) is 0 Å². The van der Waals surface area contributed by atoms with E-state index < -0.39 is 0 Å². The first kappa shape index (κ1) is 8.93. The lowest BCUT2D eigenvalue weighted by molar-refractivity contribution is -0.126. The van der Waals surface area contributed by atoms with Gasteiger partial charge in [-0.2, -0.15) is 5.10 Å². The Hall–Kier alpha value is -1.65. The molecule has 0 atom stereocenters. The molecule has 0 unspecified atom stereocenters. The smallest absolute Gasteiger partial charge is 0.222 e.